The summed E-state index contributed by atoms with van der Waals surface area (Å²) in [5.74, 6) is 0.113. The third-order valence-corrected chi connectivity index (χ3v) is 2.61. The van der Waals surface area contributed by atoms with Crippen molar-refractivity contribution in [3.05, 3.63) is 18.0 Å². The van der Waals surface area contributed by atoms with Crippen LogP contribution in [0.4, 0.5) is 0 Å². The third-order valence-electron chi connectivity index (χ3n) is 2.61. The molecular weight excluding hydrogens is 216 g/mol. The zero-order chi connectivity index (χ0) is 12.5. The predicted octanol–water partition coefficient (Wildman–Crippen LogP) is 0.945. The van der Waals surface area contributed by atoms with E-state index in [4.69, 9.17) is 5.73 Å². The molecule has 17 heavy (non-hydrogen) atoms. The van der Waals surface area contributed by atoms with Crippen LogP contribution >= 0.6 is 0 Å². The molecule has 0 fully saturated rings. The van der Waals surface area contributed by atoms with Crippen LogP contribution in [0, 0.1) is 0 Å². The summed E-state index contributed by atoms with van der Waals surface area (Å²) < 4.78 is 1.73. The van der Waals surface area contributed by atoms with E-state index < -0.39 is 0 Å². The van der Waals surface area contributed by atoms with E-state index in [0.29, 0.717) is 13.0 Å². The van der Waals surface area contributed by atoms with E-state index >= 15 is 0 Å². The van der Waals surface area contributed by atoms with Gasteiger partial charge in [0.15, 0.2) is 0 Å². The maximum absolute atomic E-state index is 11.5. The van der Waals surface area contributed by atoms with Gasteiger partial charge in [0.2, 0.25) is 5.91 Å². The summed E-state index contributed by atoms with van der Waals surface area (Å²) in [5.41, 5.74) is 6.43. The molecule has 5 nitrogen and oxygen atoms in total. The fourth-order valence-corrected chi connectivity index (χ4v) is 1.64. The van der Waals surface area contributed by atoms with Gasteiger partial charge in [0, 0.05) is 31.8 Å². The molecule has 5 heteroatoms. The average Bonchev–Trinajstić information content (AvgIpc) is 2.72. The predicted molar refractivity (Wildman–Crippen MR) is 67.2 cm³/mol. The molecule has 0 bridgehead atoms. The number of hydrogen-bond donors (Lipinski definition) is 2. The lowest BCUT2D eigenvalue weighted by atomic mass is 10.1. The first-order valence-corrected chi connectivity index (χ1v) is 6.16. The second-order valence-electron chi connectivity index (χ2n) is 4.25. The number of carbonyl (C=O) groups is 1. The minimum absolute atomic E-state index is 0.113. The van der Waals surface area contributed by atoms with Crippen LogP contribution in [0.5, 0.6) is 0 Å². The molecule has 1 aromatic rings. The van der Waals surface area contributed by atoms with Crippen LogP contribution < -0.4 is 11.1 Å². The number of hydrogen-bond acceptors (Lipinski definition) is 3. The smallest absolute Gasteiger partial charge is 0.220 e. The monoisotopic (exact) mass is 238 g/mol. The lowest BCUT2D eigenvalue weighted by molar-refractivity contribution is -0.121. The quantitative estimate of drug-likeness (QED) is 0.662. The fraction of sp³-hybridized carbons (Fsp3) is 0.667. The van der Waals surface area contributed by atoms with Crippen molar-refractivity contribution in [3.63, 3.8) is 0 Å². The van der Waals surface area contributed by atoms with E-state index in [9.17, 15) is 4.79 Å². The minimum atomic E-state index is 0.113. The van der Waals surface area contributed by atoms with Crippen molar-refractivity contribution >= 4 is 5.91 Å². The number of carbonyl (C=O) groups excluding carboxylic acids is 1. The van der Waals surface area contributed by atoms with Crippen molar-refractivity contribution in [2.24, 2.45) is 12.8 Å². The molecule has 0 saturated heterocycles. The van der Waals surface area contributed by atoms with Crippen molar-refractivity contribution in [3.8, 4) is 0 Å². The first-order chi connectivity index (χ1) is 8.22. The minimum Gasteiger partial charge on any atom is -0.352 e. The van der Waals surface area contributed by atoms with Gasteiger partial charge in [-0.25, -0.2) is 0 Å². The normalized spacial score (nSPS) is 10.5. The van der Waals surface area contributed by atoms with E-state index in [-0.39, 0.29) is 5.91 Å². The molecule has 0 saturated carbocycles. The SMILES string of the molecule is Cn1cc(CNC(=O)CCCCCCN)cn1. The van der Waals surface area contributed by atoms with Gasteiger partial charge in [-0.3, -0.25) is 9.48 Å². The van der Waals surface area contributed by atoms with Gasteiger partial charge in [0.25, 0.3) is 0 Å². The van der Waals surface area contributed by atoms with Gasteiger partial charge in [-0.15, -0.1) is 0 Å². The van der Waals surface area contributed by atoms with Gasteiger partial charge in [-0.2, -0.15) is 5.10 Å². The highest BCUT2D eigenvalue weighted by Crippen LogP contribution is 2.02. The molecule has 0 aliphatic heterocycles. The van der Waals surface area contributed by atoms with Crippen molar-refractivity contribution in [2.45, 2.75) is 38.6 Å². The highest BCUT2D eigenvalue weighted by atomic mass is 16.1. The van der Waals surface area contributed by atoms with Crippen molar-refractivity contribution < 1.29 is 4.79 Å². The molecule has 0 aliphatic rings. The Hall–Kier alpha value is -1.36. The zero-order valence-corrected chi connectivity index (χ0v) is 10.5. The summed E-state index contributed by atoms with van der Waals surface area (Å²) in [4.78, 5) is 11.5. The Morgan fingerprint density at radius 3 is 2.82 bits per heavy atom. The Balaban J connectivity index is 2.05. The second-order valence-corrected chi connectivity index (χ2v) is 4.25. The number of rotatable bonds is 8. The van der Waals surface area contributed by atoms with Gasteiger partial charge in [-0.05, 0) is 19.4 Å². The lowest BCUT2D eigenvalue weighted by Crippen LogP contribution is -2.22. The Morgan fingerprint density at radius 2 is 2.18 bits per heavy atom. The van der Waals surface area contributed by atoms with Gasteiger partial charge in [-0.1, -0.05) is 12.8 Å². The van der Waals surface area contributed by atoms with Gasteiger partial charge < -0.3 is 11.1 Å². The van der Waals surface area contributed by atoms with Gasteiger partial charge in [0.1, 0.15) is 0 Å². The number of aromatic nitrogens is 2. The van der Waals surface area contributed by atoms with E-state index in [1.54, 1.807) is 10.9 Å². The van der Waals surface area contributed by atoms with Crippen molar-refractivity contribution in [1.82, 2.24) is 15.1 Å². The number of nitrogens with one attached hydrogen (secondary N) is 1. The summed E-state index contributed by atoms with van der Waals surface area (Å²) in [6, 6.07) is 0. The third kappa shape index (κ3) is 6.06. The summed E-state index contributed by atoms with van der Waals surface area (Å²) in [7, 11) is 1.86. The molecule has 96 valence electrons. The molecule has 0 spiro atoms. The number of unbranched alkanes of at least 4 members (excludes halogenated alkanes) is 3. The topological polar surface area (TPSA) is 72.9 Å². The Labute approximate surface area is 102 Å². The molecule has 0 unspecified atom stereocenters. The standard InChI is InChI=1S/C12H22N4O/c1-16-10-11(9-15-16)8-14-12(17)6-4-2-3-5-7-13/h9-10H,2-8,13H2,1H3,(H,14,17). The number of nitrogens with two attached hydrogens (primary N) is 1. The highest BCUT2D eigenvalue weighted by Gasteiger charge is 2.02. The maximum Gasteiger partial charge on any atom is 0.220 e. The van der Waals surface area contributed by atoms with Crippen molar-refractivity contribution in [2.75, 3.05) is 6.54 Å². The van der Waals surface area contributed by atoms with Crippen LogP contribution in [0.3, 0.4) is 0 Å². The van der Waals surface area contributed by atoms with Crippen LogP contribution in [0.15, 0.2) is 12.4 Å². The first-order valence-electron chi connectivity index (χ1n) is 6.16. The summed E-state index contributed by atoms with van der Waals surface area (Å²) in [6.07, 6.45) is 8.47. The Morgan fingerprint density at radius 1 is 1.41 bits per heavy atom. The molecule has 1 amide bonds. The highest BCUT2D eigenvalue weighted by molar-refractivity contribution is 5.75. The lowest BCUT2D eigenvalue weighted by Gasteiger charge is -2.03. The molecule has 3 N–H and O–H groups in total. The number of nitrogens with zero attached hydrogens (tertiary/aromatic N) is 2. The van der Waals surface area contributed by atoms with E-state index in [1.807, 2.05) is 13.2 Å². The van der Waals surface area contributed by atoms with Gasteiger partial charge in [0.05, 0.1) is 6.20 Å². The molecule has 0 radical (unpaired) electrons. The fourth-order valence-electron chi connectivity index (χ4n) is 1.64. The van der Waals surface area contributed by atoms with Crippen LogP contribution in [0.25, 0.3) is 0 Å². The molecule has 1 rings (SSSR count). The van der Waals surface area contributed by atoms with Crippen LogP contribution in [-0.2, 0) is 18.4 Å². The summed E-state index contributed by atoms with van der Waals surface area (Å²) >= 11 is 0. The first kappa shape index (κ1) is 13.7. The number of aryl methyl sites for hydroxylation is 1. The van der Waals surface area contributed by atoms with Crippen LogP contribution in [0.1, 0.15) is 37.7 Å². The molecule has 0 aromatic carbocycles. The Kier molecular flexibility index (Phi) is 6.32. The van der Waals surface area contributed by atoms with E-state index in [2.05, 4.69) is 10.4 Å². The number of amides is 1. The van der Waals surface area contributed by atoms with E-state index in [0.717, 1.165) is 37.8 Å². The van der Waals surface area contributed by atoms with E-state index in [1.165, 1.54) is 0 Å². The largest absolute Gasteiger partial charge is 0.352 e. The molecule has 0 atom stereocenters. The maximum atomic E-state index is 11.5. The van der Waals surface area contributed by atoms with Gasteiger partial charge >= 0.3 is 0 Å². The molecular formula is C12H22N4O. The molecule has 1 heterocycles. The molecule has 1 aromatic heterocycles. The van der Waals surface area contributed by atoms with Crippen molar-refractivity contribution in [1.29, 1.82) is 0 Å². The van der Waals surface area contributed by atoms with Crippen LogP contribution in [0.2, 0.25) is 0 Å². The summed E-state index contributed by atoms with van der Waals surface area (Å²) in [6.45, 7) is 1.31. The van der Waals surface area contributed by atoms with Crippen LogP contribution in [-0.4, -0.2) is 22.2 Å². The molecule has 0 aliphatic carbocycles. The summed E-state index contributed by atoms with van der Waals surface area (Å²) in [5, 5.41) is 6.93. The average molecular weight is 238 g/mol. The Bertz CT molecular complexity index is 335. The second kappa shape index (κ2) is 7.84. The zero-order valence-electron chi connectivity index (χ0n) is 10.5.